The van der Waals surface area contributed by atoms with E-state index >= 15 is 0 Å². The number of nitrogens with zero attached hydrogens (tertiary/aromatic N) is 1. The fourth-order valence-corrected chi connectivity index (χ4v) is 10.0. The lowest BCUT2D eigenvalue weighted by Crippen LogP contribution is -2.45. The quantitative estimate of drug-likeness (QED) is 0.0272. The summed E-state index contributed by atoms with van der Waals surface area (Å²) in [6.07, 6.45) is 73.7. The van der Waals surface area contributed by atoms with Gasteiger partial charge in [-0.1, -0.05) is 281 Å². The molecule has 0 heterocycles. The van der Waals surface area contributed by atoms with Crippen LogP contribution < -0.4 is 10.2 Å². The molecule has 0 spiro atoms. The number of hydrogen-bond acceptors (Lipinski definition) is 6. The number of likely N-dealkylation sites (N-methyl/N-ethyl adjacent to an activating group) is 1. The zero-order valence-electron chi connectivity index (χ0n) is 49.1. The summed E-state index contributed by atoms with van der Waals surface area (Å²) >= 11 is 0. The highest BCUT2D eigenvalue weighted by Gasteiger charge is 2.23. The molecule has 0 aliphatic heterocycles. The first-order valence-electron chi connectivity index (χ1n) is 31.5. The van der Waals surface area contributed by atoms with Gasteiger partial charge in [0, 0.05) is 6.42 Å². The first kappa shape index (κ1) is 71.5. The average molecular weight is 1050 g/mol. The number of phosphoric acid groups is 1. The molecule has 0 saturated heterocycles. The van der Waals surface area contributed by atoms with Crippen LogP contribution in [0.15, 0.2) is 48.6 Å². The van der Waals surface area contributed by atoms with E-state index in [2.05, 4.69) is 55.6 Å². The Morgan fingerprint density at radius 2 is 0.808 bits per heavy atom. The molecule has 0 aromatic rings. The van der Waals surface area contributed by atoms with Crippen molar-refractivity contribution in [1.82, 2.24) is 5.32 Å². The third-order valence-corrected chi connectivity index (χ3v) is 15.2. The van der Waals surface area contributed by atoms with Gasteiger partial charge >= 0.3 is 0 Å². The van der Waals surface area contributed by atoms with E-state index in [9.17, 15) is 19.4 Å². The van der Waals surface area contributed by atoms with E-state index in [0.29, 0.717) is 17.4 Å². The van der Waals surface area contributed by atoms with Crippen LogP contribution in [0.3, 0.4) is 0 Å². The smallest absolute Gasteiger partial charge is 0.268 e. The van der Waals surface area contributed by atoms with Crippen molar-refractivity contribution in [1.29, 1.82) is 0 Å². The monoisotopic (exact) mass is 1050 g/mol. The van der Waals surface area contributed by atoms with Gasteiger partial charge in [0.1, 0.15) is 13.2 Å². The van der Waals surface area contributed by atoms with Gasteiger partial charge in [0.05, 0.1) is 39.9 Å². The highest BCUT2D eigenvalue weighted by atomic mass is 31.2. The van der Waals surface area contributed by atoms with Gasteiger partial charge in [0.2, 0.25) is 5.91 Å². The lowest BCUT2D eigenvalue weighted by molar-refractivity contribution is -0.870. The summed E-state index contributed by atoms with van der Waals surface area (Å²) in [7, 11) is 1.25. The van der Waals surface area contributed by atoms with Crippen LogP contribution in [0.1, 0.15) is 303 Å². The Morgan fingerprint density at radius 1 is 0.479 bits per heavy atom. The molecule has 0 fully saturated rings. The Labute approximate surface area is 454 Å². The first-order chi connectivity index (χ1) is 35.5. The lowest BCUT2D eigenvalue weighted by Gasteiger charge is -2.29. The summed E-state index contributed by atoms with van der Waals surface area (Å²) in [5.41, 5.74) is 0. The van der Waals surface area contributed by atoms with Crippen LogP contribution in [-0.4, -0.2) is 68.5 Å². The topological polar surface area (TPSA) is 108 Å². The second-order valence-electron chi connectivity index (χ2n) is 22.8. The maximum absolute atomic E-state index is 13.0. The zero-order chi connectivity index (χ0) is 53.5. The number of phosphoric ester groups is 1. The summed E-state index contributed by atoms with van der Waals surface area (Å²) in [5, 5.41) is 13.8. The van der Waals surface area contributed by atoms with Crippen molar-refractivity contribution in [3.8, 4) is 0 Å². The molecule has 0 aliphatic rings. The van der Waals surface area contributed by atoms with Crippen molar-refractivity contribution in [3.63, 3.8) is 0 Å². The van der Waals surface area contributed by atoms with Crippen LogP contribution in [-0.2, 0) is 18.4 Å². The summed E-state index contributed by atoms with van der Waals surface area (Å²) in [5.74, 6) is -0.203. The maximum Gasteiger partial charge on any atom is 0.268 e. The predicted octanol–water partition coefficient (Wildman–Crippen LogP) is 18.9. The van der Waals surface area contributed by atoms with Crippen molar-refractivity contribution in [2.75, 3.05) is 40.9 Å². The molecule has 8 nitrogen and oxygen atoms in total. The molecule has 1 amide bonds. The number of amides is 1. The van der Waals surface area contributed by atoms with Gasteiger partial charge in [-0.25, -0.2) is 0 Å². The zero-order valence-corrected chi connectivity index (χ0v) is 50.0. The van der Waals surface area contributed by atoms with Gasteiger partial charge in [-0.3, -0.25) is 9.36 Å². The first-order valence-corrected chi connectivity index (χ1v) is 33.0. The largest absolute Gasteiger partial charge is 0.756 e. The van der Waals surface area contributed by atoms with Gasteiger partial charge < -0.3 is 28.8 Å². The average Bonchev–Trinajstić information content (AvgIpc) is 3.35. The number of hydrogen-bond donors (Lipinski definition) is 2. The van der Waals surface area contributed by atoms with Crippen molar-refractivity contribution in [2.24, 2.45) is 0 Å². The molecular weight excluding hydrogens is 924 g/mol. The SMILES string of the molecule is CCCCCCC/C=C\C/C=C\CCCCCCCCCCCCCCCCCCCCCCCCCCCC(=O)NC(COP(=O)([O-])OCC[N+](C)(C)C)C(O)/C=C/CC/C=C/CCCCCCCCCC. The van der Waals surface area contributed by atoms with Crippen LogP contribution in [0, 0.1) is 0 Å². The molecule has 0 rings (SSSR count). The molecule has 3 atom stereocenters. The van der Waals surface area contributed by atoms with Gasteiger partial charge in [-0.2, -0.15) is 0 Å². The molecule has 2 N–H and O–H groups in total. The van der Waals surface area contributed by atoms with Crippen LogP contribution >= 0.6 is 7.82 Å². The highest BCUT2D eigenvalue weighted by Crippen LogP contribution is 2.38. The molecule has 0 radical (unpaired) electrons. The minimum Gasteiger partial charge on any atom is -0.756 e. The van der Waals surface area contributed by atoms with Crippen molar-refractivity contribution < 1.29 is 32.9 Å². The molecule has 0 aromatic carbocycles. The predicted molar refractivity (Wildman–Crippen MR) is 316 cm³/mol. The number of unbranched alkanes of at least 4 members (excludes halogenated alkanes) is 39. The fourth-order valence-electron chi connectivity index (χ4n) is 9.32. The summed E-state index contributed by atoms with van der Waals surface area (Å²) in [6, 6.07) is -0.901. The summed E-state index contributed by atoms with van der Waals surface area (Å²) in [6.45, 7) is 4.63. The van der Waals surface area contributed by atoms with Crippen LogP contribution in [0.2, 0.25) is 0 Å². The maximum atomic E-state index is 13.0. The number of nitrogens with one attached hydrogen (secondary N) is 1. The Bertz CT molecular complexity index is 1330. The van der Waals surface area contributed by atoms with Crippen molar-refractivity contribution >= 4 is 13.7 Å². The lowest BCUT2D eigenvalue weighted by atomic mass is 10.0. The highest BCUT2D eigenvalue weighted by molar-refractivity contribution is 7.45. The molecule has 0 aromatic heterocycles. The Hall–Kier alpha value is -1.54. The second kappa shape index (κ2) is 55.2. The third kappa shape index (κ3) is 58.0. The van der Waals surface area contributed by atoms with Crippen LogP contribution in [0.4, 0.5) is 0 Å². The van der Waals surface area contributed by atoms with E-state index in [1.807, 2.05) is 27.2 Å². The number of rotatable bonds is 58. The minimum absolute atomic E-state index is 0.00526. The van der Waals surface area contributed by atoms with Crippen LogP contribution in [0.5, 0.6) is 0 Å². The van der Waals surface area contributed by atoms with Crippen LogP contribution in [0.25, 0.3) is 0 Å². The molecule has 9 heteroatoms. The van der Waals surface area contributed by atoms with E-state index in [-0.39, 0.29) is 12.5 Å². The Morgan fingerprint density at radius 3 is 1.19 bits per heavy atom. The fraction of sp³-hybridized carbons (Fsp3) is 0.859. The second-order valence-corrected chi connectivity index (χ2v) is 24.2. The van der Waals surface area contributed by atoms with E-state index in [4.69, 9.17) is 9.05 Å². The Balaban J connectivity index is 3.93. The molecule has 0 aliphatic carbocycles. The van der Waals surface area contributed by atoms with Gasteiger partial charge in [0.25, 0.3) is 7.82 Å². The molecule has 3 unspecified atom stereocenters. The van der Waals surface area contributed by atoms with Gasteiger partial charge in [-0.05, 0) is 64.2 Å². The van der Waals surface area contributed by atoms with E-state index in [1.54, 1.807) is 6.08 Å². The van der Waals surface area contributed by atoms with Crippen molar-refractivity contribution in [2.45, 2.75) is 315 Å². The Kier molecular flexibility index (Phi) is 54.1. The third-order valence-electron chi connectivity index (χ3n) is 14.3. The number of carbonyl (C=O) groups is 1. The molecule has 73 heavy (non-hydrogen) atoms. The number of allylic oxidation sites excluding steroid dienone is 7. The van der Waals surface area contributed by atoms with E-state index in [0.717, 1.165) is 44.9 Å². The van der Waals surface area contributed by atoms with Gasteiger partial charge in [0.15, 0.2) is 0 Å². The standard InChI is InChI=1S/C64H123N2O6P/c1-6-8-10-12-14-16-18-20-22-23-24-25-26-27-28-29-30-31-32-33-34-35-36-37-38-39-40-41-42-43-44-46-48-50-52-54-56-58-64(68)65-62(61-72-73(69,70)71-60-59-66(3,4)5)63(67)57-55-53-51-49-47-45-21-19-17-15-13-11-9-7-2/h18,20,23-24,47,49,55,57,62-63,67H,6-17,19,21-22,25-46,48,50-54,56,58-61H2,1-5H3,(H-,65,68,69,70)/b20-18-,24-23-,49-47+,57-55+. The summed E-state index contributed by atoms with van der Waals surface area (Å²) < 4.78 is 23.3. The van der Waals surface area contributed by atoms with Gasteiger partial charge in [-0.15, -0.1) is 0 Å². The summed E-state index contributed by atoms with van der Waals surface area (Å²) in [4.78, 5) is 25.5. The molecule has 430 valence electrons. The van der Waals surface area contributed by atoms with Crippen molar-refractivity contribution in [3.05, 3.63) is 48.6 Å². The normalized spacial score (nSPS) is 14.1. The van der Waals surface area contributed by atoms with E-state index in [1.165, 1.54) is 238 Å². The number of quaternary nitrogens is 1. The molecule has 0 saturated carbocycles. The minimum atomic E-state index is -4.60. The van der Waals surface area contributed by atoms with E-state index < -0.39 is 26.6 Å². The number of carbonyl (C=O) groups excluding carboxylic acids is 1. The number of aliphatic hydroxyl groups is 1. The molecule has 0 bridgehead atoms. The molecular formula is C64H123N2O6P. The number of aliphatic hydroxyl groups excluding tert-OH is 1.